The number of hydrogen-bond acceptors (Lipinski definition) is 6. The van der Waals surface area contributed by atoms with E-state index in [0.717, 1.165) is 22.3 Å². The van der Waals surface area contributed by atoms with Gasteiger partial charge < -0.3 is 16.2 Å². The third-order valence-electron chi connectivity index (χ3n) is 6.90. The monoisotopic (exact) mass is 490 g/mol. The molecule has 36 heavy (non-hydrogen) atoms. The Hall–Kier alpha value is -4.23. The summed E-state index contributed by atoms with van der Waals surface area (Å²) >= 11 is 0. The molecule has 1 aliphatic rings. The van der Waals surface area contributed by atoms with Gasteiger partial charge >= 0.3 is 0 Å². The molecule has 186 valence electrons. The fourth-order valence-corrected chi connectivity index (χ4v) is 4.76. The summed E-state index contributed by atoms with van der Waals surface area (Å²) in [6.07, 6.45) is 0.224. The number of halogens is 1. The van der Waals surface area contributed by atoms with Crippen LogP contribution in [0, 0.1) is 18.3 Å². The van der Waals surface area contributed by atoms with Gasteiger partial charge in [-0.05, 0) is 30.0 Å². The van der Waals surface area contributed by atoms with Gasteiger partial charge in [0.15, 0.2) is 5.82 Å². The van der Waals surface area contributed by atoms with Crippen molar-refractivity contribution in [1.82, 2.24) is 14.7 Å². The van der Waals surface area contributed by atoms with E-state index < -0.39 is 17.6 Å². The second-order valence-corrected chi connectivity index (χ2v) is 8.97. The van der Waals surface area contributed by atoms with Crippen molar-refractivity contribution in [2.24, 2.45) is 5.73 Å². The van der Waals surface area contributed by atoms with Crippen molar-refractivity contribution in [1.29, 1.82) is 5.26 Å². The van der Waals surface area contributed by atoms with Gasteiger partial charge in [-0.1, -0.05) is 42.5 Å². The zero-order valence-corrected chi connectivity index (χ0v) is 19.8. The van der Waals surface area contributed by atoms with Gasteiger partial charge in [0.2, 0.25) is 6.41 Å². The third kappa shape index (κ3) is 4.53. The average molecular weight is 491 g/mol. The number of hydrogen-bond donors (Lipinski definition) is 3. The predicted molar refractivity (Wildman–Crippen MR) is 132 cm³/mol. The maximum absolute atomic E-state index is 15.8. The molecule has 0 bridgehead atoms. The van der Waals surface area contributed by atoms with Gasteiger partial charge in [-0.2, -0.15) is 10.4 Å². The highest BCUT2D eigenvalue weighted by molar-refractivity contribution is 5.99. The van der Waals surface area contributed by atoms with Gasteiger partial charge in [0.25, 0.3) is 5.91 Å². The number of phenols is 1. The molecule has 0 aliphatic carbocycles. The number of piperidine rings is 1. The largest absolute Gasteiger partial charge is 0.507 e. The SMILES string of the molecule is Cc1c(CN2CCC(CC#N)(n3cc(C(N)=O)c(NC=O)n3)C(F)C2)ccc(-c2ccccc2)c1O. The summed E-state index contributed by atoms with van der Waals surface area (Å²) < 4.78 is 17.1. The van der Waals surface area contributed by atoms with E-state index in [1.807, 2.05) is 60.4 Å². The first-order chi connectivity index (χ1) is 17.3. The molecule has 2 heterocycles. The van der Waals surface area contributed by atoms with Crippen LogP contribution in [0.4, 0.5) is 10.2 Å². The lowest BCUT2D eigenvalue weighted by Gasteiger charge is -2.43. The number of nitrogens with one attached hydrogen (secondary N) is 1. The molecule has 0 radical (unpaired) electrons. The number of benzene rings is 2. The summed E-state index contributed by atoms with van der Waals surface area (Å²) in [7, 11) is 0. The van der Waals surface area contributed by atoms with Crippen LogP contribution in [-0.4, -0.2) is 51.4 Å². The Labute approximate surface area is 207 Å². The average Bonchev–Trinajstić information content (AvgIpc) is 3.29. The highest BCUT2D eigenvalue weighted by Crippen LogP contribution is 2.38. The second-order valence-electron chi connectivity index (χ2n) is 8.97. The lowest BCUT2D eigenvalue weighted by molar-refractivity contribution is -0.105. The predicted octanol–water partition coefficient (Wildman–Crippen LogP) is 3.08. The van der Waals surface area contributed by atoms with Crippen molar-refractivity contribution in [2.75, 3.05) is 18.4 Å². The molecule has 4 rings (SSSR count). The number of nitriles is 1. The molecule has 2 amide bonds. The number of rotatable bonds is 8. The minimum Gasteiger partial charge on any atom is -0.507 e. The molecule has 0 spiro atoms. The highest BCUT2D eigenvalue weighted by Gasteiger charge is 2.46. The number of nitrogens with two attached hydrogens (primary N) is 1. The normalized spacial score (nSPS) is 20.0. The summed E-state index contributed by atoms with van der Waals surface area (Å²) in [5.41, 5.74) is 7.26. The number of aromatic hydroxyl groups is 1. The smallest absolute Gasteiger partial charge is 0.254 e. The van der Waals surface area contributed by atoms with Crippen molar-refractivity contribution in [3.05, 3.63) is 65.4 Å². The number of anilines is 1. The van der Waals surface area contributed by atoms with Crippen LogP contribution >= 0.6 is 0 Å². The highest BCUT2D eigenvalue weighted by atomic mass is 19.1. The van der Waals surface area contributed by atoms with Crippen LogP contribution in [0.15, 0.2) is 48.7 Å². The van der Waals surface area contributed by atoms with E-state index >= 15 is 4.39 Å². The number of primary amides is 1. The maximum Gasteiger partial charge on any atom is 0.254 e. The van der Waals surface area contributed by atoms with Crippen LogP contribution in [0.5, 0.6) is 5.75 Å². The minimum absolute atomic E-state index is 0.0184. The first kappa shape index (κ1) is 24.9. The Balaban J connectivity index is 1.57. The number of carbonyl (C=O) groups is 2. The maximum atomic E-state index is 15.8. The van der Waals surface area contributed by atoms with Gasteiger partial charge in [0.05, 0.1) is 12.5 Å². The molecule has 1 fully saturated rings. The van der Waals surface area contributed by atoms with E-state index in [-0.39, 0.29) is 36.5 Å². The van der Waals surface area contributed by atoms with Crippen LogP contribution in [0.3, 0.4) is 0 Å². The fraction of sp³-hybridized carbons (Fsp3) is 0.308. The van der Waals surface area contributed by atoms with Crippen LogP contribution < -0.4 is 11.1 Å². The number of phenolic OH excluding ortho intramolecular Hbond substituents is 1. The molecule has 1 aliphatic heterocycles. The van der Waals surface area contributed by atoms with Crippen molar-refractivity contribution in [3.63, 3.8) is 0 Å². The summed E-state index contributed by atoms with van der Waals surface area (Å²) in [6, 6.07) is 15.4. The minimum atomic E-state index is -1.49. The number of carbonyl (C=O) groups excluding carboxylic acids is 2. The first-order valence-corrected chi connectivity index (χ1v) is 11.5. The number of nitrogens with zero attached hydrogens (tertiary/aromatic N) is 4. The molecule has 9 nitrogen and oxygen atoms in total. The topological polar surface area (TPSA) is 137 Å². The molecule has 2 aromatic carbocycles. The molecule has 4 N–H and O–H groups in total. The first-order valence-electron chi connectivity index (χ1n) is 11.5. The van der Waals surface area contributed by atoms with Crippen molar-refractivity contribution in [3.8, 4) is 22.9 Å². The van der Waals surface area contributed by atoms with E-state index in [1.165, 1.54) is 10.9 Å². The van der Waals surface area contributed by atoms with E-state index in [9.17, 15) is 20.0 Å². The van der Waals surface area contributed by atoms with E-state index in [2.05, 4.69) is 10.4 Å². The molecule has 2 unspecified atom stereocenters. The number of likely N-dealkylation sites (tertiary alicyclic amines) is 1. The summed E-state index contributed by atoms with van der Waals surface area (Å²) in [5, 5.41) is 26.8. The van der Waals surface area contributed by atoms with Crippen molar-refractivity contribution < 1.29 is 19.1 Å². The molecule has 2 atom stereocenters. The van der Waals surface area contributed by atoms with Crippen LogP contribution in [-0.2, 0) is 16.9 Å². The number of alkyl halides is 1. The molecule has 10 heteroatoms. The Morgan fingerprint density at radius 1 is 1.36 bits per heavy atom. The van der Waals surface area contributed by atoms with Crippen LogP contribution in [0.1, 0.15) is 34.3 Å². The second kappa shape index (κ2) is 10.2. The van der Waals surface area contributed by atoms with Gasteiger partial charge in [0, 0.05) is 31.4 Å². The van der Waals surface area contributed by atoms with Gasteiger partial charge in [-0.15, -0.1) is 0 Å². The number of amides is 2. The molecule has 1 aromatic heterocycles. The Morgan fingerprint density at radius 2 is 2.11 bits per heavy atom. The molecule has 3 aromatic rings. The van der Waals surface area contributed by atoms with Gasteiger partial charge in [0.1, 0.15) is 23.0 Å². The fourth-order valence-electron chi connectivity index (χ4n) is 4.76. The van der Waals surface area contributed by atoms with Crippen LogP contribution in [0.25, 0.3) is 11.1 Å². The lowest BCUT2D eigenvalue weighted by Crippen LogP contribution is -2.54. The Kier molecular flexibility index (Phi) is 7.03. The zero-order chi connectivity index (χ0) is 25.9. The number of aromatic nitrogens is 2. The standard InChI is InChI=1S/C26H27FN6O3/c1-17-19(7-8-20(23(17)35)18-5-3-2-4-6-18)13-32-12-10-26(9-11-28,22(27)15-32)33-14-21(24(29)36)25(31-33)30-16-34/h2-8,14,16,22,35H,9-10,12-13,15H2,1H3,(H2,29,36)(H,30,31,34). The van der Waals surface area contributed by atoms with E-state index in [4.69, 9.17) is 5.73 Å². The molecule has 0 saturated carbocycles. The summed E-state index contributed by atoms with van der Waals surface area (Å²) in [6.45, 7) is 2.72. The van der Waals surface area contributed by atoms with Crippen molar-refractivity contribution >= 4 is 18.1 Å². The Bertz CT molecular complexity index is 1320. The molecule has 1 saturated heterocycles. The lowest BCUT2D eigenvalue weighted by atomic mass is 9.83. The van der Waals surface area contributed by atoms with E-state index in [1.54, 1.807) is 0 Å². The van der Waals surface area contributed by atoms with Gasteiger partial charge in [-0.25, -0.2) is 4.39 Å². The molecular formula is C26H27FN6O3. The van der Waals surface area contributed by atoms with Crippen molar-refractivity contribution in [2.45, 2.75) is 38.0 Å². The summed E-state index contributed by atoms with van der Waals surface area (Å²) in [4.78, 5) is 24.6. The van der Waals surface area contributed by atoms with Crippen LogP contribution in [0.2, 0.25) is 0 Å². The zero-order valence-electron chi connectivity index (χ0n) is 19.8. The summed E-state index contributed by atoms with van der Waals surface area (Å²) in [5.74, 6) is -0.703. The molecular weight excluding hydrogens is 463 g/mol. The Morgan fingerprint density at radius 3 is 2.75 bits per heavy atom. The van der Waals surface area contributed by atoms with Gasteiger partial charge in [-0.3, -0.25) is 19.2 Å². The quantitative estimate of drug-likeness (QED) is 0.415. The van der Waals surface area contributed by atoms with E-state index in [0.29, 0.717) is 19.5 Å². The third-order valence-corrected chi connectivity index (χ3v) is 6.90.